The van der Waals surface area contributed by atoms with Crippen molar-refractivity contribution in [1.29, 1.82) is 0 Å². The lowest BCUT2D eigenvalue weighted by Crippen LogP contribution is -2.37. The van der Waals surface area contributed by atoms with Gasteiger partial charge >= 0.3 is 6.09 Å². The smallest absolute Gasteiger partial charge is 0.410 e. The molecule has 2 aliphatic heterocycles. The summed E-state index contributed by atoms with van der Waals surface area (Å²) in [6.45, 7) is 14.0. The van der Waals surface area contributed by atoms with Gasteiger partial charge in [-0.3, -0.25) is 0 Å². The van der Waals surface area contributed by atoms with E-state index in [1.54, 1.807) is 0 Å². The quantitative estimate of drug-likeness (QED) is 0.783. The Kier molecular flexibility index (Phi) is 4.74. The minimum absolute atomic E-state index is 0.163. The Hall–Kier alpha value is -1.71. The van der Waals surface area contributed by atoms with Gasteiger partial charge in [-0.2, -0.15) is 0 Å². The first-order valence-corrected chi connectivity index (χ1v) is 9.50. The van der Waals surface area contributed by atoms with Gasteiger partial charge in [-0.15, -0.1) is 0 Å². The van der Waals surface area contributed by atoms with Crippen LogP contribution in [-0.4, -0.2) is 42.8 Å². The molecule has 2 heterocycles. The van der Waals surface area contributed by atoms with Crippen molar-refractivity contribution in [3.8, 4) is 0 Å². The number of anilines is 1. The van der Waals surface area contributed by atoms with E-state index in [-0.39, 0.29) is 11.5 Å². The average molecular weight is 344 g/mol. The van der Waals surface area contributed by atoms with Gasteiger partial charge in [-0.25, -0.2) is 4.79 Å². The molecule has 0 aliphatic carbocycles. The number of ether oxygens (including phenoxy) is 1. The second kappa shape index (κ2) is 6.54. The van der Waals surface area contributed by atoms with E-state index < -0.39 is 5.60 Å². The van der Waals surface area contributed by atoms with Crippen LogP contribution in [0.5, 0.6) is 0 Å². The van der Waals surface area contributed by atoms with Crippen molar-refractivity contribution in [2.75, 3.05) is 31.1 Å². The molecule has 0 aromatic heterocycles. The lowest BCUT2D eigenvalue weighted by atomic mass is 9.86. The third-order valence-corrected chi connectivity index (χ3v) is 5.45. The number of hydrogen-bond acceptors (Lipinski definition) is 3. The van der Waals surface area contributed by atoms with E-state index >= 15 is 0 Å². The highest BCUT2D eigenvalue weighted by molar-refractivity contribution is 5.68. The Morgan fingerprint density at radius 2 is 1.72 bits per heavy atom. The summed E-state index contributed by atoms with van der Waals surface area (Å²) in [5.74, 6) is 0.566. The van der Waals surface area contributed by atoms with Gasteiger partial charge in [-0.05, 0) is 57.2 Å². The van der Waals surface area contributed by atoms with Crippen molar-refractivity contribution in [1.82, 2.24) is 4.90 Å². The highest BCUT2D eigenvalue weighted by Crippen LogP contribution is 2.41. The molecule has 0 radical (unpaired) electrons. The van der Waals surface area contributed by atoms with Crippen LogP contribution in [0.2, 0.25) is 0 Å². The normalized spacial score (nSPS) is 23.8. The number of nitrogens with zero attached hydrogens (tertiary/aromatic N) is 2. The molecule has 4 nitrogen and oxygen atoms in total. The van der Waals surface area contributed by atoms with Gasteiger partial charge in [0.05, 0.1) is 0 Å². The zero-order chi connectivity index (χ0) is 18.2. The van der Waals surface area contributed by atoms with Crippen LogP contribution in [0.1, 0.15) is 58.9 Å². The van der Waals surface area contributed by atoms with E-state index in [1.165, 1.54) is 11.3 Å². The van der Waals surface area contributed by atoms with Crippen LogP contribution in [0.15, 0.2) is 24.3 Å². The van der Waals surface area contributed by atoms with Crippen LogP contribution in [0.3, 0.4) is 0 Å². The molecular weight excluding hydrogens is 312 g/mol. The SMILES string of the molecule is CC(C)c1ccc(N2CCC3(CCN(C(=O)OC(C)(C)C)C3)C2)cc1. The molecule has 1 spiro atoms. The van der Waals surface area contributed by atoms with Gasteiger partial charge in [0.1, 0.15) is 5.60 Å². The standard InChI is InChI=1S/C21H32N2O2/c1-16(2)17-6-8-18(9-7-17)22-12-10-21(14-22)11-13-23(15-21)19(24)25-20(3,4)5/h6-9,16H,10-15H2,1-5H3. The molecule has 2 aliphatic rings. The van der Waals surface area contributed by atoms with E-state index in [9.17, 15) is 4.79 Å². The number of amides is 1. The molecule has 1 aromatic carbocycles. The Morgan fingerprint density at radius 1 is 1.08 bits per heavy atom. The van der Waals surface area contributed by atoms with Gasteiger partial charge in [0.15, 0.2) is 0 Å². The molecule has 4 heteroatoms. The maximum absolute atomic E-state index is 12.3. The van der Waals surface area contributed by atoms with Crippen molar-refractivity contribution < 1.29 is 9.53 Å². The number of hydrogen-bond donors (Lipinski definition) is 0. The number of rotatable bonds is 2. The maximum atomic E-state index is 12.3. The van der Waals surface area contributed by atoms with Gasteiger partial charge in [0.25, 0.3) is 0 Å². The van der Waals surface area contributed by atoms with E-state index in [0.717, 1.165) is 39.0 Å². The molecule has 25 heavy (non-hydrogen) atoms. The van der Waals surface area contributed by atoms with Crippen LogP contribution in [0.4, 0.5) is 10.5 Å². The van der Waals surface area contributed by atoms with Crippen LogP contribution in [-0.2, 0) is 4.74 Å². The minimum atomic E-state index is -0.424. The zero-order valence-electron chi connectivity index (χ0n) is 16.3. The van der Waals surface area contributed by atoms with E-state index in [4.69, 9.17) is 4.74 Å². The molecule has 1 amide bonds. The molecular formula is C21H32N2O2. The second-order valence-corrected chi connectivity index (χ2v) is 9.07. The van der Waals surface area contributed by atoms with Crippen LogP contribution in [0.25, 0.3) is 0 Å². The fourth-order valence-corrected chi connectivity index (χ4v) is 3.98. The third-order valence-electron chi connectivity index (χ3n) is 5.45. The van der Waals surface area contributed by atoms with Crippen molar-refractivity contribution in [2.45, 2.75) is 59.0 Å². The number of carbonyl (C=O) groups excluding carboxylic acids is 1. The van der Waals surface area contributed by atoms with Crippen molar-refractivity contribution in [3.63, 3.8) is 0 Å². The van der Waals surface area contributed by atoms with Gasteiger partial charge < -0.3 is 14.5 Å². The zero-order valence-corrected chi connectivity index (χ0v) is 16.3. The molecule has 3 rings (SSSR count). The monoisotopic (exact) mass is 344 g/mol. The first kappa shape index (κ1) is 18.1. The summed E-state index contributed by atoms with van der Waals surface area (Å²) < 4.78 is 5.54. The van der Waals surface area contributed by atoms with Gasteiger partial charge in [0.2, 0.25) is 0 Å². The molecule has 2 saturated heterocycles. The molecule has 1 atom stereocenters. The number of benzene rings is 1. The molecule has 1 aromatic rings. The average Bonchev–Trinajstić information content (AvgIpc) is 3.14. The van der Waals surface area contributed by atoms with Crippen LogP contribution >= 0.6 is 0 Å². The summed E-state index contributed by atoms with van der Waals surface area (Å²) in [6.07, 6.45) is 2.06. The Bertz CT molecular complexity index is 618. The molecule has 1 unspecified atom stereocenters. The summed E-state index contributed by atoms with van der Waals surface area (Å²) >= 11 is 0. The molecule has 0 saturated carbocycles. The van der Waals surface area contributed by atoms with E-state index in [2.05, 4.69) is 43.0 Å². The Labute approximate surface area is 152 Å². The van der Waals surface area contributed by atoms with Crippen molar-refractivity contribution >= 4 is 11.8 Å². The topological polar surface area (TPSA) is 32.8 Å². The first-order valence-electron chi connectivity index (χ1n) is 9.50. The van der Waals surface area contributed by atoms with Crippen LogP contribution in [0, 0.1) is 5.41 Å². The van der Waals surface area contributed by atoms with Crippen molar-refractivity contribution in [3.05, 3.63) is 29.8 Å². The summed E-state index contributed by atoms with van der Waals surface area (Å²) in [4.78, 5) is 16.7. The molecule has 0 bridgehead atoms. The van der Waals surface area contributed by atoms with Crippen molar-refractivity contribution in [2.24, 2.45) is 5.41 Å². The molecule has 0 N–H and O–H groups in total. The van der Waals surface area contributed by atoms with E-state index in [0.29, 0.717) is 5.92 Å². The largest absolute Gasteiger partial charge is 0.444 e. The summed E-state index contributed by atoms with van der Waals surface area (Å²) in [7, 11) is 0. The predicted octanol–water partition coefficient (Wildman–Crippen LogP) is 4.65. The maximum Gasteiger partial charge on any atom is 0.410 e. The lowest BCUT2D eigenvalue weighted by molar-refractivity contribution is 0.0276. The summed E-state index contributed by atoms with van der Waals surface area (Å²) in [6, 6.07) is 8.98. The fraction of sp³-hybridized carbons (Fsp3) is 0.667. The number of likely N-dealkylation sites (tertiary alicyclic amines) is 1. The van der Waals surface area contributed by atoms with Crippen LogP contribution < -0.4 is 4.90 Å². The Balaban J connectivity index is 1.62. The fourth-order valence-electron chi connectivity index (χ4n) is 3.98. The predicted molar refractivity (Wildman–Crippen MR) is 102 cm³/mol. The molecule has 2 fully saturated rings. The highest BCUT2D eigenvalue weighted by Gasteiger charge is 2.45. The molecule has 138 valence electrons. The number of carbonyl (C=O) groups is 1. The Morgan fingerprint density at radius 3 is 2.32 bits per heavy atom. The highest BCUT2D eigenvalue weighted by atomic mass is 16.6. The second-order valence-electron chi connectivity index (χ2n) is 9.07. The minimum Gasteiger partial charge on any atom is -0.444 e. The summed E-state index contributed by atoms with van der Waals surface area (Å²) in [5, 5.41) is 0. The van der Waals surface area contributed by atoms with Gasteiger partial charge in [0, 0.05) is 37.3 Å². The summed E-state index contributed by atoms with van der Waals surface area (Å²) in [5.41, 5.74) is 2.49. The van der Waals surface area contributed by atoms with Gasteiger partial charge in [-0.1, -0.05) is 26.0 Å². The van der Waals surface area contributed by atoms with E-state index in [1.807, 2.05) is 25.7 Å². The first-order chi connectivity index (χ1) is 11.7. The lowest BCUT2D eigenvalue weighted by Gasteiger charge is -2.27. The third kappa shape index (κ3) is 4.10.